The standard InChI is InChI=1S/C26H30N2O3/c1-3-31-26(30)16-15-25(29)28(18-22-11-5-4-6-12-22)20-24-14-9-17-27(24)19-23-13-8-7-10-21(23)2/h4-14,17H,3,15-16,18-20H2,1-2H3. The Morgan fingerprint density at radius 2 is 1.65 bits per heavy atom. The Balaban J connectivity index is 1.75. The first-order valence-electron chi connectivity index (χ1n) is 10.7. The van der Waals surface area contributed by atoms with Crippen molar-refractivity contribution in [3.63, 3.8) is 0 Å². The molecule has 31 heavy (non-hydrogen) atoms. The predicted molar refractivity (Wildman–Crippen MR) is 121 cm³/mol. The van der Waals surface area contributed by atoms with E-state index in [0.717, 1.165) is 17.8 Å². The van der Waals surface area contributed by atoms with Gasteiger partial charge < -0.3 is 14.2 Å². The lowest BCUT2D eigenvalue weighted by molar-refractivity contribution is -0.146. The third-order valence-electron chi connectivity index (χ3n) is 5.30. The fourth-order valence-corrected chi connectivity index (χ4v) is 3.55. The van der Waals surface area contributed by atoms with Crippen molar-refractivity contribution in [1.29, 1.82) is 0 Å². The van der Waals surface area contributed by atoms with Crippen LogP contribution in [0.2, 0.25) is 0 Å². The van der Waals surface area contributed by atoms with Crippen molar-refractivity contribution in [3.05, 3.63) is 95.3 Å². The van der Waals surface area contributed by atoms with E-state index in [0.29, 0.717) is 19.7 Å². The molecule has 0 saturated carbocycles. The minimum Gasteiger partial charge on any atom is -0.466 e. The average Bonchev–Trinajstić information content (AvgIpc) is 3.21. The number of aryl methyl sites for hydroxylation is 1. The average molecular weight is 419 g/mol. The minimum atomic E-state index is -0.335. The second-order valence-electron chi connectivity index (χ2n) is 7.59. The summed E-state index contributed by atoms with van der Waals surface area (Å²) in [6.45, 7) is 5.94. The molecule has 2 aromatic carbocycles. The number of ether oxygens (including phenoxy) is 1. The molecular formula is C26H30N2O3. The van der Waals surface area contributed by atoms with Gasteiger partial charge in [-0.2, -0.15) is 0 Å². The van der Waals surface area contributed by atoms with E-state index in [-0.39, 0.29) is 24.7 Å². The van der Waals surface area contributed by atoms with E-state index in [9.17, 15) is 9.59 Å². The highest BCUT2D eigenvalue weighted by Crippen LogP contribution is 2.16. The number of nitrogens with zero attached hydrogens (tertiary/aromatic N) is 2. The first-order valence-corrected chi connectivity index (χ1v) is 10.7. The van der Waals surface area contributed by atoms with Gasteiger partial charge in [-0.3, -0.25) is 9.59 Å². The number of carbonyl (C=O) groups is 2. The highest BCUT2D eigenvalue weighted by Gasteiger charge is 2.18. The summed E-state index contributed by atoms with van der Waals surface area (Å²) in [4.78, 5) is 26.6. The number of carbonyl (C=O) groups excluding carboxylic acids is 2. The SMILES string of the molecule is CCOC(=O)CCC(=O)N(Cc1ccccc1)Cc1cccn1Cc1ccccc1C. The number of rotatable bonds is 10. The van der Waals surface area contributed by atoms with Crippen LogP contribution >= 0.6 is 0 Å². The van der Waals surface area contributed by atoms with Gasteiger partial charge in [-0.05, 0) is 42.7 Å². The van der Waals surface area contributed by atoms with Crippen molar-refractivity contribution >= 4 is 11.9 Å². The number of hydrogen-bond donors (Lipinski definition) is 0. The molecule has 5 heteroatoms. The van der Waals surface area contributed by atoms with Crippen LogP contribution in [0.25, 0.3) is 0 Å². The van der Waals surface area contributed by atoms with Gasteiger partial charge in [-0.1, -0.05) is 54.6 Å². The van der Waals surface area contributed by atoms with Gasteiger partial charge in [0.15, 0.2) is 0 Å². The van der Waals surface area contributed by atoms with Gasteiger partial charge in [0, 0.05) is 31.4 Å². The fourth-order valence-electron chi connectivity index (χ4n) is 3.55. The molecule has 0 unspecified atom stereocenters. The zero-order chi connectivity index (χ0) is 22.1. The molecule has 0 aliphatic heterocycles. The molecule has 1 amide bonds. The molecule has 0 bridgehead atoms. The monoisotopic (exact) mass is 418 g/mol. The highest BCUT2D eigenvalue weighted by atomic mass is 16.5. The minimum absolute atomic E-state index is 0.0550. The van der Waals surface area contributed by atoms with Crippen molar-refractivity contribution in [1.82, 2.24) is 9.47 Å². The van der Waals surface area contributed by atoms with Gasteiger partial charge in [0.2, 0.25) is 5.91 Å². The Morgan fingerprint density at radius 1 is 0.903 bits per heavy atom. The van der Waals surface area contributed by atoms with Crippen molar-refractivity contribution in [2.24, 2.45) is 0 Å². The van der Waals surface area contributed by atoms with Crippen LogP contribution in [0.4, 0.5) is 0 Å². The molecule has 5 nitrogen and oxygen atoms in total. The molecular weight excluding hydrogens is 388 g/mol. The van der Waals surface area contributed by atoms with Gasteiger partial charge >= 0.3 is 5.97 Å². The second-order valence-corrected chi connectivity index (χ2v) is 7.59. The number of hydrogen-bond acceptors (Lipinski definition) is 3. The van der Waals surface area contributed by atoms with E-state index in [2.05, 4.69) is 29.7 Å². The molecule has 0 N–H and O–H groups in total. The Bertz CT molecular complexity index is 995. The van der Waals surface area contributed by atoms with Crippen molar-refractivity contribution in [2.45, 2.75) is 46.3 Å². The largest absolute Gasteiger partial charge is 0.466 e. The van der Waals surface area contributed by atoms with Gasteiger partial charge in [-0.25, -0.2) is 0 Å². The van der Waals surface area contributed by atoms with E-state index in [4.69, 9.17) is 4.74 Å². The summed E-state index contributed by atoms with van der Waals surface area (Å²) >= 11 is 0. The number of esters is 1. The topological polar surface area (TPSA) is 51.5 Å². The molecule has 1 heterocycles. The Hall–Kier alpha value is -3.34. The summed E-state index contributed by atoms with van der Waals surface area (Å²) in [6.07, 6.45) is 2.29. The molecule has 0 atom stereocenters. The zero-order valence-corrected chi connectivity index (χ0v) is 18.3. The zero-order valence-electron chi connectivity index (χ0n) is 18.3. The predicted octanol–water partition coefficient (Wildman–Crippen LogP) is 4.72. The third-order valence-corrected chi connectivity index (χ3v) is 5.30. The van der Waals surface area contributed by atoms with E-state index < -0.39 is 0 Å². The molecule has 0 spiro atoms. The van der Waals surface area contributed by atoms with Crippen LogP contribution in [0.15, 0.2) is 72.9 Å². The smallest absolute Gasteiger partial charge is 0.306 e. The Kier molecular flexibility index (Phi) is 8.05. The van der Waals surface area contributed by atoms with Crippen LogP contribution in [0.3, 0.4) is 0 Å². The van der Waals surface area contributed by atoms with Crippen LogP contribution < -0.4 is 0 Å². The molecule has 0 aliphatic rings. The van der Waals surface area contributed by atoms with Crippen LogP contribution in [-0.4, -0.2) is 28.0 Å². The lowest BCUT2D eigenvalue weighted by atomic mass is 10.1. The molecule has 0 saturated heterocycles. The van der Waals surface area contributed by atoms with E-state index in [1.807, 2.05) is 59.6 Å². The third kappa shape index (κ3) is 6.57. The van der Waals surface area contributed by atoms with E-state index >= 15 is 0 Å². The summed E-state index contributed by atoms with van der Waals surface area (Å²) in [7, 11) is 0. The quantitative estimate of drug-likeness (QED) is 0.448. The maximum atomic E-state index is 13.0. The summed E-state index contributed by atoms with van der Waals surface area (Å²) < 4.78 is 7.16. The molecule has 3 aromatic rings. The van der Waals surface area contributed by atoms with Crippen molar-refractivity contribution in [3.8, 4) is 0 Å². The molecule has 0 radical (unpaired) electrons. The second kappa shape index (κ2) is 11.2. The maximum absolute atomic E-state index is 13.0. The normalized spacial score (nSPS) is 10.6. The number of benzene rings is 2. The van der Waals surface area contributed by atoms with Gasteiger partial charge in [0.05, 0.1) is 19.6 Å². The summed E-state index contributed by atoms with van der Waals surface area (Å²) in [5.41, 5.74) is 4.62. The molecule has 0 aliphatic carbocycles. The van der Waals surface area contributed by atoms with Crippen LogP contribution in [-0.2, 0) is 34.0 Å². The van der Waals surface area contributed by atoms with Crippen molar-refractivity contribution < 1.29 is 14.3 Å². The van der Waals surface area contributed by atoms with Crippen molar-refractivity contribution in [2.75, 3.05) is 6.61 Å². The van der Waals surface area contributed by atoms with E-state index in [1.165, 1.54) is 11.1 Å². The van der Waals surface area contributed by atoms with Gasteiger partial charge in [-0.15, -0.1) is 0 Å². The molecule has 162 valence electrons. The summed E-state index contributed by atoms with van der Waals surface area (Å²) in [6, 6.07) is 22.3. The fraction of sp³-hybridized carbons (Fsp3) is 0.308. The lowest BCUT2D eigenvalue weighted by Gasteiger charge is -2.24. The molecule has 1 aromatic heterocycles. The van der Waals surface area contributed by atoms with Crippen LogP contribution in [0.5, 0.6) is 0 Å². The number of amides is 1. The lowest BCUT2D eigenvalue weighted by Crippen LogP contribution is -2.31. The number of aromatic nitrogens is 1. The van der Waals surface area contributed by atoms with Gasteiger partial charge in [0.25, 0.3) is 0 Å². The summed E-state index contributed by atoms with van der Waals surface area (Å²) in [5, 5.41) is 0. The first-order chi connectivity index (χ1) is 15.1. The summed E-state index contributed by atoms with van der Waals surface area (Å²) in [5.74, 6) is -0.390. The molecule has 0 fully saturated rings. The van der Waals surface area contributed by atoms with Crippen LogP contribution in [0.1, 0.15) is 42.1 Å². The Morgan fingerprint density at radius 3 is 2.39 bits per heavy atom. The van der Waals surface area contributed by atoms with E-state index in [1.54, 1.807) is 6.92 Å². The highest BCUT2D eigenvalue weighted by molar-refractivity contribution is 5.81. The molecule has 3 rings (SSSR count). The first kappa shape index (κ1) is 22.3. The Labute approximate surface area is 184 Å². The maximum Gasteiger partial charge on any atom is 0.306 e. The van der Waals surface area contributed by atoms with Crippen LogP contribution in [0, 0.1) is 6.92 Å². The van der Waals surface area contributed by atoms with Gasteiger partial charge in [0.1, 0.15) is 0 Å².